The van der Waals surface area contributed by atoms with E-state index in [1.807, 2.05) is 6.07 Å². The van der Waals surface area contributed by atoms with E-state index in [0.29, 0.717) is 0 Å². The van der Waals surface area contributed by atoms with Gasteiger partial charge in [0.1, 0.15) is 0 Å². The van der Waals surface area contributed by atoms with Crippen molar-refractivity contribution in [2.45, 2.75) is 6.54 Å². The average molecular weight is 235 g/mol. The highest BCUT2D eigenvalue weighted by Crippen LogP contribution is 1.76. The Morgan fingerprint density at radius 2 is 1.67 bits per heavy atom. The standard InChI is InChI=1S/C7H7NO2.H2O4S/c9-7(10)6-8-4-2-1-3-5-8;1-5(2,3)4/h1-5H,6H2;(H2,1,2,3,4). The number of hydrogen-bond donors (Lipinski definition) is 2. The molecular formula is C7H9NO6S. The Morgan fingerprint density at radius 3 is 2.00 bits per heavy atom. The molecule has 1 aromatic heterocycles. The van der Waals surface area contributed by atoms with Gasteiger partial charge in [-0.25, -0.2) is 13.2 Å². The van der Waals surface area contributed by atoms with Gasteiger partial charge in [-0.2, -0.15) is 4.57 Å². The first-order valence-corrected chi connectivity index (χ1v) is 4.99. The highest BCUT2D eigenvalue weighted by molar-refractivity contribution is 7.79. The first-order valence-electron chi connectivity index (χ1n) is 3.63. The summed E-state index contributed by atoms with van der Waals surface area (Å²) in [4.78, 5) is 10.1. The van der Waals surface area contributed by atoms with E-state index in [9.17, 15) is 4.79 Å². The van der Waals surface area contributed by atoms with Crippen molar-refractivity contribution in [1.29, 1.82) is 0 Å². The summed E-state index contributed by atoms with van der Waals surface area (Å²) >= 11 is 0. The molecular weight excluding hydrogens is 226 g/mol. The van der Waals surface area contributed by atoms with Crippen LogP contribution in [0.4, 0.5) is 0 Å². The molecule has 0 spiro atoms. The molecule has 0 unspecified atom stereocenters. The van der Waals surface area contributed by atoms with E-state index >= 15 is 0 Å². The Hall–Kier alpha value is -1.51. The predicted molar refractivity (Wildman–Crippen MR) is 46.6 cm³/mol. The number of hydrogen-bond acceptors (Lipinski definition) is 4. The normalized spacial score (nSPS) is 10.0. The summed E-state index contributed by atoms with van der Waals surface area (Å²) in [6, 6.07) is 5.43. The van der Waals surface area contributed by atoms with Crippen molar-refractivity contribution in [3.8, 4) is 0 Å². The Bertz CT molecular complexity index is 393. The molecule has 0 amide bonds. The molecule has 7 nitrogen and oxygen atoms in total. The number of pyridine rings is 1. The van der Waals surface area contributed by atoms with Gasteiger partial charge in [-0.05, 0) is 0 Å². The maximum absolute atomic E-state index is 10.1. The van der Waals surface area contributed by atoms with Crippen LogP contribution in [0.1, 0.15) is 0 Å². The van der Waals surface area contributed by atoms with Gasteiger partial charge in [-0.15, -0.1) is 0 Å². The van der Waals surface area contributed by atoms with Crippen molar-refractivity contribution < 1.29 is 32.0 Å². The molecule has 0 atom stereocenters. The van der Waals surface area contributed by atoms with Crippen LogP contribution in [0.3, 0.4) is 0 Å². The molecule has 15 heavy (non-hydrogen) atoms. The molecule has 0 saturated heterocycles. The monoisotopic (exact) mass is 235 g/mol. The van der Waals surface area contributed by atoms with E-state index in [4.69, 9.17) is 22.6 Å². The van der Waals surface area contributed by atoms with Crippen LogP contribution in [0, 0.1) is 0 Å². The molecule has 0 aliphatic heterocycles. The fourth-order valence-corrected chi connectivity index (χ4v) is 0.696. The van der Waals surface area contributed by atoms with E-state index in [1.54, 1.807) is 29.1 Å². The Labute approximate surface area is 86.2 Å². The summed E-state index contributed by atoms with van der Waals surface area (Å²) in [5, 5.41) is 8.35. The first-order chi connectivity index (χ1) is 6.79. The van der Waals surface area contributed by atoms with Crippen molar-refractivity contribution in [3.63, 3.8) is 0 Å². The van der Waals surface area contributed by atoms with E-state index in [2.05, 4.69) is 0 Å². The third-order valence-corrected chi connectivity index (χ3v) is 1.10. The van der Waals surface area contributed by atoms with Crippen LogP contribution < -0.4 is 4.57 Å². The molecule has 0 bridgehead atoms. The minimum Gasteiger partial charge on any atom is -0.726 e. The predicted octanol–water partition coefficient (Wildman–Crippen LogP) is -0.937. The highest BCUT2D eigenvalue weighted by atomic mass is 32.3. The number of aromatic nitrogens is 1. The fourth-order valence-electron chi connectivity index (χ4n) is 0.696. The SMILES string of the molecule is O=C(O)C[n+]1ccccc1.O=S(=O)([O-])O. The lowest BCUT2D eigenvalue weighted by Gasteiger charge is -1.88. The Kier molecular flexibility index (Phi) is 5.45. The van der Waals surface area contributed by atoms with E-state index in [-0.39, 0.29) is 6.54 Å². The Morgan fingerprint density at radius 1 is 1.27 bits per heavy atom. The molecule has 0 aromatic carbocycles. The van der Waals surface area contributed by atoms with Crippen LogP contribution in [-0.2, 0) is 21.7 Å². The van der Waals surface area contributed by atoms with Crippen molar-refractivity contribution >= 4 is 16.4 Å². The van der Waals surface area contributed by atoms with Crippen LogP contribution in [0.25, 0.3) is 0 Å². The lowest BCUT2D eigenvalue weighted by molar-refractivity contribution is -0.685. The molecule has 0 aliphatic rings. The second-order valence-corrected chi connectivity index (χ2v) is 3.22. The minimum absolute atomic E-state index is 0.0286. The molecule has 1 aromatic rings. The van der Waals surface area contributed by atoms with Crippen molar-refractivity contribution in [2.75, 3.05) is 0 Å². The summed E-state index contributed by atoms with van der Waals surface area (Å²) in [6.45, 7) is 0.0286. The lowest BCUT2D eigenvalue weighted by Crippen LogP contribution is -2.36. The molecule has 2 N–H and O–H groups in total. The van der Waals surface area contributed by atoms with E-state index in [1.165, 1.54) is 0 Å². The van der Waals surface area contributed by atoms with E-state index < -0.39 is 16.4 Å². The number of nitrogens with zero attached hydrogens (tertiary/aromatic N) is 1. The summed E-state index contributed by atoms with van der Waals surface area (Å²) in [5.41, 5.74) is 0. The van der Waals surface area contributed by atoms with Gasteiger partial charge < -0.3 is 9.66 Å². The lowest BCUT2D eigenvalue weighted by atomic mass is 10.5. The quantitative estimate of drug-likeness (QED) is 0.388. The van der Waals surface area contributed by atoms with Gasteiger partial charge in [0.15, 0.2) is 12.4 Å². The van der Waals surface area contributed by atoms with Crippen LogP contribution in [-0.4, -0.2) is 28.6 Å². The Balaban J connectivity index is 0.000000336. The van der Waals surface area contributed by atoms with Crippen LogP contribution in [0.15, 0.2) is 30.6 Å². The fraction of sp³-hybridized carbons (Fsp3) is 0.143. The zero-order valence-corrected chi connectivity index (χ0v) is 8.29. The second kappa shape index (κ2) is 6.06. The topological polar surface area (TPSA) is 119 Å². The number of rotatable bonds is 2. The summed E-state index contributed by atoms with van der Waals surface area (Å²) in [7, 11) is -4.92. The van der Waals surface area contributed by atoms with Gasteiger partial charge in [0.25, 0.3) is 0 Å². The zero-order chi connectivity index (χ0) is 11.9. The summed E-state index contributed by atoms with van der Waals surface area (Å²) in [6.07, 6.45) is 3.43. The van der Waals surface area contributed by atoms with Crippen LogP contribution >= 0.6 is 0 Å². The van der Waals surface area contributed by atoms with Crippen LogP contribution in [0.5, 0.6) is 0 Å². The van der Waals surface area contributed by atoms with Gasteiger partial charge in [0.05, 0.1) is 0 Å². The minimum atomic E-state index is -4.92. The molecule has 1 rings (SSSR count). The zero-order valence-electron chi connectivity index (χ0n) is 7.48. The van der Waals surface area contributed by atoms with Gasteiger partial charge in [-0.1, -0.05) is 6.07 Å². The number of carbonyl (C=O) groups is 1. The molecule has 0 radical (unpaired) electrons. The second-order valence-electron chi connectivity index (χ2n) is 2.37. The highest BCUT2D eigenvalue weighted by Gasteiger charge is 2.03. The number of aliphatic carboxylic acids is 1. The maximum atomic E-state index is 10.1. The van der Waals surface area contributed by atoms with Crippen molar-refractivity contribution in [1.82, 2.24) is 0 Å². The van der Waals surface area contributed by atoms with E-state index in [0.717, 1.165) is 0 Å². The average Bonchev–Trinajstić information content (AvgIpc) is 2.01. The molecule has 1 heterocycles. The third-order valence-electron chi connectivity index (χ3n) is 1.10. The van der Waals surface area contributed by atoms with Crippen molar-refractivity contribution in [3.05, 3.63) is 30.6 Å². The largest absolute Gasteiger partial charge is 0.726 e. The summed E-state index contributed by atoms with van der Waals surface area (Å²) < 4.78 is 34.4. The maximum Gasteiger partial charge on any atom is 0.370 e. The smallest absolute Gasteiger partial charge is 0.370 e. The molecule has 8 heteroatoms. The number of carboxylic acid groups (broad SMARTS) is 1. The summed E-state index contributed by atoms with van der Waals surface area (Å²) in [5.74, 6) is -0.823. The van der Waals surface area contributed by atoms with Crippen molar-refractivity contribution in [2.24, 2.45) is 0 Å². The van der Waals surface area contributed by atoms with Crippen LogP contribution in [0.2, 0.25) is 0 Å². The molecule has 0 aliphatic carbocycles. The molecule has 84 valence electrons. The van der Waals surface area contributed by atoms with Gasteiger partial charge in [-0.3, -0.25) is 4.55 Å². The molecule has 0 saturated carbocycles. The third kappa shape index (κ3) is 12.5. The number of carboxylic acids is 1. The van der Waals surface area contributed by atoms with Gasteiger partial charge >= 0.3 is 5.97 Å². The van der Waals surface area contributed by atoms with Gasteiger partial charge in [0, 0.05) is 12.1 Å². The van der Waals surface area contributed by atoms with Gasteiger partial charge in [0.2, 0.25) is 16.9 Å². The first kappa shape index (κ1) is 13.5. The molecule has 0 fully saturated rings.